The van der Waals surface area contributed by atoms with Crippen LogP contribution in [-0.2, 0) is 14.3 Å². The lowest BCUT2D eigenvalue weighted by Crippen LogP contribution is -2.52. The molecule has 0 aromatic rings. The van der Waals surface area contributed by atoms with E-state index < -0.39 is 17.4 Å². The van der Waals surface area contributed by atoms with E-state index in [1.807, 2.05) is 20.8 Å². The molecule has 5 atom stereocenters. The molecule has 0 spiro atoms. The third-order valence-electron chi connectivity index (χ3n) is 3.94. The maximum atomic E-state index is 12.3. The first-order chi connectivity index (χ1) is 8.55. The third kappa shape index (κ3) is 3.47. The van der Waals surface area contributed by atoms with Crippen LogP contribution in [0.5, 0.6) is 0 Å². The summed E-state index contributed by atoms with van der Waals surface area (Å²) in [4.78, 5) is 23.6. The standard InChI is InChI=1S/C14H25NO4/c1-7-8(2)19-9(3)10(7)12(16)15-11(13(17)18)14(4,5)6/h7-11H,1-6H3,(H,15,16)(H,17,18)/t7?,8?,9?,10?,11-/m1/s1. The van der Waals surface area contributed by atoms with Crippen molar-refractivity contribution in [3.63, 3.8) is 0 Å². The molecule has 110 valence electrons. The maximum absolute atomic E-state index is 12.3. The van der Waals surface area contributed by atoms with Crippen LogP contribution in [0.2, 0.25) is 0 Å². The van der Waals surface area contributed by atoms with Crippen LogP contribution in [0.4, 0.5) is 0 Å². The molecule has 19 heavy (non-hydrogen) atoms. The number of amides is 1. The molecule has 5 nitrogen and oxygen atoms in total. The highest BCUT2D eigenvalue weighted by Crippen LogP contribution is 2.32. The summed E-state index contributed by atoms with van der Waals surface area (Å²) in [5, 5.41) is 11.9. The number of carboxylic acid groups (broad SMARTS) is 1. The molecule has 1 aliphatic rings. The topological polar surface area (TPSA) is 75.6 Å². The Morgan fingerprint density at radius 3 is 2.00 bits per heavy atom. The predicted octanol–water partition coefficient (Wildman–Crippen LogP) is 1.66. The quantitative estimate of drug-likeness (QED) is 0.818. The summed E-state index contributed by atoms with van der Waals surface area (Å²) in [5.74, 6) is -1.44. The van der Waals surface area contributed by atoms with Gasteiger partial charge < -0.3 is 15.2 Å². The van der Waals surface area contributed by atoms with Gasteiger partial charge in [-0.25, -0.2) is 4.79 Å². The summed E-state index contributed by atoms with van der Waals surface area (Å²) in [6.45, 7) is 11.2. The molecule has 1 heterocycles. The molecule has 2 N–H and O–H groups in total. The first-order valence-corrected chi connectivity index (χ1v) is 6.74. The Labute approximate surface area is 114 Å². The molecule has 0 aromatic heterocycles. The third-order valence-corrected chi connectivity index (χ3v) is 3.94. The zero-order chi connectivity index (χ0) is 15.0. The van der Waals surface area contributed by atoms with Gasteiger partial charge in [0.1, 0.15) is 6.04 Å². The molecule has 1 fully saturated rings. The van der Waals surface area contributed by atoms with Crippen molar-refractivity contribution in [3.05, 3.63) is 0 Å². The lowest BCUT2D eigenvalue weighted by atomic mass is 9.84. The van der Waals surface area contributed by atoms with Crippen molar-refractivity contribution in [2.75, 3.05) is 0 Å². The van der Waals surface area contributed by atoms with Crippen LogP contribution in [0.15, 0.2) is 0 Å². The number of carbonyl (C=O) groups excluding carboxylic acids is 1. The van der Waals surface area contributed by atoms with E-state index in [1.165, 1.54) is 0 Å². The average molecular weight is 271 g/mol. The van der Waals surface area contributed by atoms with Crippen LogP contribution in [-0.4, -0.2) is 35.2 Å². The summed E-state index contributed by atoms with van der Waals surface area (Å²) in [6, 6.07) is -0.893. The summed E-state index contributed by atoms with van der Waals surface area (Å²) in [5.41, 5.74) is -0.529. The van der Waals surface area contributed by atoms with E-state index in [2.05, 4.69) is 5.32 Å². The van der Waals surface area contributed by atoms with E-state index in [4.69, 9.17) is 4.74 Å². The van der Waals surface area contributed by atoms with Crippen molar-refractivity contribution in [2.24, 2.45) is 17.3 Å². The van der Waals surface area contributed by atoms with Crippen molar-refractivity contribution in [3.8, 4) is 0 Å². The van der Waals surface area contributed by atoms with Crippen LogP contribution in [0.25, 0.3) is 0 Å². The minimum absolute atomic E-state index is 0.0173. The van der Waals surface area contributed by atoms with Gasteiger partial charge in [-0.1, -0.05) is 27.7 Å². The van der Waals surface area contributed by atoms with Gasteiger partial charge in [0.15, 0.2) is 0 Å². The van der Waals surface area contributed by atoms with Gasteiger partial charge in [0, 0.05) is 0 Å². The molecule has 1 amide bonds. The Kier molecular flexibility index (Phi) is 4.61. The first kappa shape index (κ1) is 16.0. The molecule has 0 radical (unpaired) electrons. The number of hydrogen-bond acceptors (Lipinski definition) is 3. The van der Waals surface area contributed by atoms with Gasteiger partial charge in [0.25, 0.3) is 0 Å². The molecule has 0 bridgehead atoms. The largest absolute Gasteiger partial charge is 0.480 e. The summed E-state index contributed by atoms with van der Waals surface area (Å²) >= 11 is 0. The zero-order valence-electron chi connectivity index (χ0n) is 12.6. The van der Waals surface area contributed by atoms with Crippen molar-refractivity contribution in [1.82, 2.24) is 5.32 Å². The Balaban J connectivity index is 2.81. The average Bonchev–Trinajstić information content (AvgIpc) is 2.47. The second-order valence-electron chi connectivity index (χ2n) is 6.58. The van der Waals surface area contributed by atoms with Gasteiger partial charge in [-0.3, -0.25) is 4.79 Å². The van der Waals surface area contributed by atoms with E-state index in [0.29, 0.717) is 0 Å². The predicted molar refractivity (Wildman–Crippen MR) is 71.7 cm³/mol. The number of carboxylic acids is 1. The number of carbonyl (C=O) groups is 2. The fourth-order valence-corrected chi connectivity index (χ4v) is 2.61. The SMILES string of the molecule is CC1OC(C)C(C(=O)N[C@H](C(=O)O)C(C)(C)C)C1C. The second kappa shape index (κ2) is 5.49. The normalized spacial score (nSPS) is 32.9. The fourth-order valence-electron chi connectivity index (χ4n) is 2.61. The number of rotatable bonds is 3. The van der Waals surface area contributed by atoms with Crippen molar-refractivity contribution in [1.29, 1.82) is 0 Å². The van der Waals surface area contributed by atoms with E-state index in [9.17, 15) is 14.7 Å². The highest BCUT2D eigenvalue weighted by atomic mass is 16.5. The van der Waals surface area contributed by atoms with Gasteiger partial charge in [0.2, 0.25) is 5.91 Å². The molecular formula is C14H25NO4. The number of nitrogens with one attached hydrogen (secondary N) is 1. The molecule has 0 saturated carbocycles. The Hall–Kier alpha value is -1.10. The van der Waals surface area contributed by atoms with Gasteiger partial charge in [0.05, 0.1) is 18.1 Å². The van der Waals surface area contributed by atoms with Gasteiger partial charge >= 0.3 is 5.97 Å². The highest BCUT2D eigenvalue weighted by molar-refractivity contribution is 5.86. The molecule has 0 aromatic carbocycles. The lowest BCUT2D eigenvalue weighted by molar-refractivity contribution is -0.146. The number of hydrogen-bond donors (Lipinski definition) is 2. The van der Waals surface area contributed by atoms with Crippen LogP contribution in [0.1, 0.15) is 41.5 Å². The van der Waals surface area contributed by atoms with E-state index in [0.717, 1.165) is 0 Å². The molecule has 5 heteroatoms. The summed E-state index contributed by atoms with van der Waals surface area (Å²) in [7, 11) is 0. The van der Waals surface area contributed by atoms with Gasteiger partial charge in [-0.05, 0) is 25.2 Å². The van der Waals surface area contributed by atoms with Crippen LogP contribution >= 0.6 is 0 Å². The van der Waals surface area contributed by atoms with Gasteiger partial charge in [-0.15, -0.1) is 0 Å². The minimum atomic E-state index is -1.01. The summed E-state index contributed by atoms with van der Waals surface area (Å²) < 4.78 is 5.63. The van der Waals surface area contributed by atoms with E-state index in [-0.39, 0.29) is 30.0 Å². The molecule has 1 saturated heterocycles. The maximum Gasteiger partial charge on any atom is 0.326 e. The Morgan fingerprint density at radius 2 is 1.68 bits per heavy atom. The molecule has 1 aliphatic heterocycles. The molecule has 0 aliphatic carbocycles. The van der Waals surface area contributed by atoms with Crippen LogP contribution in [0, 0.1) is 17.3 Å². The molecule has 1 rings (SSSR count). The van der Waals surface area contributed by atoms with E-state index in [1.54, 1.807) is 20.8 Å². The van der Waals surface area contributed by atoms with Crippen molar-refractivity contribution < 1.29 is 19.4 Å². The monoisotopic (exact) mass is 271 g/mol. The van der Waals surface area contributed by atoms with E-state index >= 15 is 0 Å². The van der Waals surface area contributed by atoms with Gasteiger partial charge in [-0.2, -0.15) is 0 Å². The zero-order valence-corrected chi connectivity index (χ0v) is 12.6. The van der Waals surface area contributed by atoms with Crippen molar-refractivity contribution in [2.45, 2.75) is 59.8 Å². The second-order valence-corrected chi connectivity index (χ2v) is 6.58. The lowest BCUT2D eigenvalue weighted by Gasteiger charge is -2.30. The van der Waals surface area contributed by atoms with Crippen LogP contribution < -0.4 is 5.32 Å². The van der Waals surface area contributed by atoms with Crippen molar-refractivity contribution >= 4 is 11.9 Å². The smallest absolute Gasteiger partial charge is 0.326 e. The fraction of sp³-hybridized carbons (Fsp3) is 0.857. The first-order valence-electron chi connectivity index (χ1n) is 6.74. The molecule has 4 unspecified atom stereocenters. The van der Waals surface area contributed by atoms with Crippen LogP contribution in [0.3, 0.4) is 0 Å². The number of aliphatic carboxylic acids is 1. The number of ether oxygens (including phenoxy) is 1. The Morgan fingerprint density at radius 1 is 1.16 bits per heavy atom. The highest BCUT2D eigenvalue weighted by Gasteiger charge is 2.43. The minimum Gasteiger partial charge on any atom is -0.480 e. The molecular weight excluding hydrogens is 246 g/mol. The Bertz CT molecular complexity index is 361. The summed E-state index contributed by atoms with van der Waals surface area (Å²) in [6.07, 6.45) is -0.164.